The molecule has 0 bridgehead atoms. The highest BCUT2D eigenvalue weighted by Crippen LogP contribution is 2.23. The van der Waals surface area contributed by atoms with Crippen molar-refractivity contribution in [1.82, 2.24) is 4.98 Å². The number of rotatable bonds is 6. The standard InChI is InChI=1S/C18H15N3O5S/c1-10-14(21-16(26-10)11-5-3-2-4-6-11)18(24)25-9-13(22)20-17-12(15(19)23)7-8-27-17/h2-8H,9H2,1H3,(H2,19,23)(H,20,22). The number of carbonyl (C=O) groups excluding carboxylic acids is 3. The first-order valence-corrected chi connectivity index (χ1v) is 8.71. The largest absolute Gasteiger partial charge is 0.451 e. The molecule has 8 nitrogen and oxygen atoms in total. The van der Waals surface area contributed by atoms with Crippen LogP contribution >= 0.6 is 11.3 Å². The van der Waals surface area contributed by atoms with Gasteiger partial charge in [-0.25, -0.2) is 9.78 Å². The molecular weight excluding hydrogens is 370 g/mol. The third-order valence-electron chi connectivity index (χ3n) is 3.53. The van der Waals surface area contributed by atoms with E-state index in [1.54, 1.807) is 24.4 Å². The number of hydrogen-bond donors (Lipinski definition) is 2. The van der Waals surface area contributed by atoms with Gasteiger partial charge in [0.05, 0.1) is 5.56 Å². The Morgan fingerprint density at radius 3 is 2.67 bits per heavy atom. The molecule has 0 aliphatic heterocycles. The molecule has 0 aliphatic carbocycles. The van der Waals surface area contributed by atoms with E-state index in [1.807, 2.05) is 18.2 Å². The number of nitrogens with zero attached hydrogens (tertiary/aromatic N) is 1. The fourth-order valence-electron chi connectivity index (χ4n) is 2.25. The Morgan fingerprint density at radius 2 is 1.96 bits per heavy atom. The molecule has 27 heavy (non-hydrogen) atoms. The number of anilines is 1. The number of carbonyl (C=O) groups is 3. The summed E-state index contributed by atoms with van der Waals surface area (Å²) in [6, 6.07) is 10.6. The van der Waals surface area contributed by atoms with Crippen molar-refractivity contribution >= 4 is 34.1 Å². The smallest absolute Gasteiger partial charge is 0.361 e. The minimum absolute atomic E-state index is 0.00407. The summed E-state index contributed by atoms with van der Waals surface area (Å²) in [5, 5.41) is 4.40. The minimum atomic E-state index is -0.783. The molecular formula is C18H15N3O5S. The monoisotopic (exact) mass is 385 g/mol. The molecule has 0 fully saturated rings. The summed E-state index contributed by atoms with van der Waals surface area (Å²) >= 11 is 1.14. The molecule has 3 N–H and O–H groups in total. The fraction of sp³-hybridized carbons (Fsp3) is 0.111. The second-order valence-corrected chi connectivity index (χ2v) is 6.36. The van der Waals surface area contributed by atoms with Gasteiger partial charge in [0.2, 0.25) is 5.89 Å². The first-order valence-electron chi connectivity index (χ1n) is 7.83. The number of nitrogens with one attached hydrogen (secondary N) is 1. The topological polar surface area (TPSA) is 125 Å². The van der Waals surface area contributed by atoms with Crippen LogP contribution in [0.1, 0.15) is 26.6 Å². The van der Waals surface area contributed by atoms with Crippen LogP contribution in [-0.2, 0) is 9.53 Å². The Kier molecular flexibility index (Phi) is 5.32. The molecule has 0 saturated carbocycles. The molecule has 1 aromatic carbocycles. The van der Waals surface area contributed by atoms with E-state index in [0.717, 1.165) is 11.3 Å². The Bertz CT molecular complexity index is 994. The van der Waals surface area contributed by atoms with Gasteiger partial charge in [-0.2, -0.15) is 0 Å². The molecule has 9 heteroatoms. The van der Waals surface area contributed by atoms with Crippen molar-refractivity contribution < 1.29 is 23.5 Å². The average Bonchev–Trinajstić information content (AvgIpc) is 3.27. The third kappa shape index (κ3) is 4.21. The van der Waals surface area contributed by atoms with E-state index in [1.165, 1.54) is 6.07 Å². The molecule has 0 unspecified atom stereocenters. The van der Waals surface area contributed by atoms with Crippen molar-refractivity contribution in [3.63, 3.8) is 0 Å². The van der Waals surface area contributed by atoms with Gasteiger partial charge < -0.3 is 20.2 Å². The van der Waals surface area contributed by atoms with E-state index in [4.69, 9.17) is 14.9 Å². The predicted octanol–water partition coefficient (Wildman–Crippen LogP) is 2.61. The maximum absolute atomic E-state index is 12.2. The lowest BCUT2D eigenvalue weighted by atomic mass is 10.2. The Labute approximate surface area is 158 Å². The van der Waals surface area contributed by atoms with Crippen molar-refractivity contribution in [3.05, 3.63) is 58.8 Å². The highest BCUT2D eigenvalue weighted by molar-refractivity contribution is 7.14. The van der Waals surface area contributed by atoms with Gasteiger partial charge >= 0.3 is 5.97 Å². The summed E-state index contributed by atoms with van der Waals surface area (Å²) in [5.41, 5.74) is 6.12. The lowest BCUT2D eigenvalue weighted by molar-refractivity contribution is -0.119. The minimum Gasteiger partial charge on any atom is -0.451 e. The maximum atomic E-state index is 12.2. The molecule has 0 aliphatic rings. The van der Waals surface area contributed by atoms with Crippen LogP contribution in [0.25, 0.3) is 11.5 Å². The summed E-state index contributed by atoms with van der Waals surface area (Å²) in [7, 11) is 0. The summed E-state index contributed by atoms with van der Waals surface area (Å²) < 4.78 is 10.5. The van der Waals surface area contributed by atoms with Crippen molar-refractivity contribution in [3.8, 4) is 11.5 Å². The molecule has 2 aromatic heterocycles. The lowest BCUT2D eigenvalue weighted by Gasteiger charge is -2.05. The number of esters is 1. The van der Waals surface area contributed by atoms with Crippen molar-refractivity contribution in [2.75, 3.05) is 11.9 Å². The van der Waals surface area contributed by atoms with Crippen LogP contribution in [0, 0.1) is 6.92 Å². The molecule has 2 amide bonds. The number of thiophene rings is 1. The van der Waals surface area contributed by atoms with Gasteiger partial charge in [0.25, 0.3) is 11.8 Å². The van der Waals surface area contributed by atoms with E-state index in [2.05, 4.69) is 10.3 Å². The third-order valence-corrected chi connectivity index (χ3v) is 4.36. The maximum Gasteiger partial charge on any atom is 0.361 e. The average molecular weight is 385 g/mol. The highest BCUT2D eigenvalue weighted by atomic mass is 32.1. The van der Waals surface area contributed by atoms with Gasteiger partial charge in [0, 0.05) is 5.56 Å². The number of nitrogens with two attached hydrogens (primary N) is 1. The quantitative estimate of drug-likeness (QED) is 0.629. The van der Waals surface area contributed by atoms with Crippen molar-refractivity contribution in [2.24, 2.45) is 5.73 Å². The number of primary amides is 1. The molecule has 0 saturated heterocycles. The van der Waals surface area contributed by atoms with Gasteiger partial charge in [-0.05, 0) is 30.5 Å². The number of ether oxygens (including phenoxy) is 1. The first kappa shape index (κ1) is 18.3. The van der Waals surface area contributed by atoms with Gasteiger partial charge in [0.15, 0.2) is 12.3 Å². The van der Waals surface area contributed by atoms with E-state index in [0.29, 0.717) is 10.6 Å². The number of aryl methyl sites for hydroxylation is 1. The zero-order valence-electron chi connectivity index (χ0n) is 14.2. The van der Waals surface area contributed by atoms with E-state index >= 15 is 0 Å². The zero-order chi connectivity index (χ0) is 19.4. The van der Waals surface area contributed by atoms with E-state index in [9.17, 15) is 14.4 Å². The van der Waals surface area contributed by atoms with Gasteiger partial charge in [0.1, 0.15) is 10.8 Å². The van der Waals surface area contributed by atoms with Crippen molar-refractivity contribution in [1.29, 1.82) is 0 Å². The SMILES string of the molecule is Cc1oc(-c2ccccc2)nc1C(=O)OCC(=O)Nc1sccc1C(N)=O. The number of aromatic nitrogens is 1. The molecule has 0 radical (unpaired) electrons. The van der Waals surface area contributed by atoms with Crippen LogP contribution in [0.4, 0.5) is 5.00 Å². The van der Waals surface area contributed by atoms with Crippen LogP contribution in [0.5, 0.6) is 0 Å². The lowest BCUT2D eigenvalue weighted by Crippen LogP contribution is -2.22. The molecule has 0 atom stereocenters. The second kappa shape index (κ2) is 7.83. The van der Waals surface area contributed by atoms with E-state index in [-0.39, 0.29) is 22.9 Å². The van der Waals surface area contributed by atoms with Gasteiger partial charge in [-0.15, -0.1) is 11.3 Å². The van der Waals surface area contributed by atoms with Gasteiger partial charge in [-0.1, -0.05) is 18.2 Å². The summed E-state index contributed by atoms with van der Waals surface area (Å²) in [4.78, 5) is 39.5. The van der Waals surface area contributed by atoms with Crippen LogP contribution in [0.15, 0.2) is 46.2 Å². The fourth-order valence-corrected chi connectivity index (χ4v) is 3.06. The summed E-state index contributed by atoms with van der Waals surface area (Å²) in [6.07, 6.45) is 0. The molecule has 3 rings (SSSR count). The summed E-state index contributed by atoms with van der Waals surface area (Å²) in [6.45, 7) is 1.04. The summed E-state index contributed by atoms with van der Waals surface area (Å²) in [5.74, 6) is -1.47. The van der Waals surface area contributed by atoms with Crippen LogP contribution in [0.2, 0.25) is 0 Å². The highest BCUT2D eigenvalue weighted by Gasteiger charge is 2.21. The number of hydrogen-bond acceptors (Lipinski definition) is 7. The Hall–Kier alpha value is -3.46. The predicted molar refractivity (Wildman–Crippen MR) is 98.4 cm³/mol. The van der Waals surface area contributed by atoms with Gasteiger partial charge in [-0.3, -0.25) is 9.59 Å². The molecule has 138 valence electrons. The van der Waals surface area contributed by atoms with E-state index < -0.39 is 24.4 Å². The number of amides is 2. The Morgan fingerprint density at radius 1 is 1.22 bits per heavy atom. The number of benzene rings is 1. The first-order chi connectivity index (χ1) is 13.0. The molecule has 0 spiro atoms. The number of oxazole rings is 1. The van der Waals surface area contributed by atoms with Crippen LogP contribution < -0.4 is 11.1 Å². The van der Waals surface area contributed by atoms with Crippen LogP contribution in [-0.4, -0.2) is 29.4 Å². The molecule has 2 heterocycles. The molecule has 3 aromatic rings. The zero-order valence-corrected chi connectivity index (χ0v) is 15.0. The van der Waals surface area contributed by atoms with Crippen LogP contribution in [0.3, 0.4) is 0 Å². The normalized spacial score (nSPS) is 10.4. The Balaban J connectivity index is 1.62. The second-order valence-electron chi connectivity index (χ2n) is 5.44. The van der Waals surface area contributed by atoms with Crippen molar-refractivity contribution in [2.45, 2.75) is 6.92 Å².